The molecule has 0 saturated heterocycles. The molecule has 0 amide bonds. The average molecular weight is 330 g/mol. The fraction of sp³-hybridized carbons (Fsp3) is 0.200. The van der Waals surface area contributed by atoms with Crippen LogP contribution in [0.1, 0.15) is 17.3 Å². The number of hydrogen-bond donors (Lipinski definition) is 0. The SMILES string of the molecule is Cc1nnc2n1N=CC1=C[C@H](c3ccc(Cl)cc3)CN=C1S2. The highest BCUT2D eigenvalue weighted by molar-refractivity contribution is 8.14. The summed E-state index contributed by atoms with van der Waals surface area (Å²) in [6.45, 7) is 2.60. The van der Waals surface area contributed by atoms with Crippen molar-refractivity contribution in [2.24, 2.45) is 10.1 Å². The maximum atomic E-state index is 5.95. The summed E-state index contributed by atoms with van der Waals surface area (Å²) in [5.74, 6) is 1.01. The molecule has 0 unspecified atom stereocenters. The van der Waals surface area contributed by atoms with E-state index in [1.54, 1.807) is 4.68 Å². The summed E-state index contributed by atoms with van der Waals surface area (Å²) in [7, 11) is 0. The minimum atomic E-state index is 0.243. The number of hydrogen-bond acceptors (Lipinski definition) is 5. The number of aromatic nitrogens is 3. The first-order chi connectivity index (χ1) is 10.7. The van der Waals surface area contributed by atoms with E-state index < -0.39 is 0 Å². The molecule has 2 aliphatic rings. The Kier molecular flexibility index (Phi) is 3.35. The minimum Gasteiger partial charge on any atom is -0.276 e. The Labute approximate surface area is 136 Å². The van der Waals surface area contributed by atoms with Crippen molar-refractivity contribution in [3.05, 3.63) is 52.3 Å². The molecule has 2 aliphatic heterocycles. The summed E-state index contributed by atoms with van der Waals surface area (Å²) in [5, 5.41) is 15.1. The lowest BCUT2D eigenvalue weighted by Gasteiger charge is -2.18. The van der Waals surface area contributed by atoms with Crippen molar-refractivity contribution in [2.45, 2.75) is 18.0 Å². The number of halogens is 1. The quantitative estimate of drug-likeness (QED) is 0.806. The average Bonchev–Trinajstić information content (AvgIpc) is 2.77. The van der Waals surface area contributed by atoms with Crippen molar-refractivity contribution in [3.8, 4) is 0 Å². The lowest BCUT2D eigenvalue weighted by atomic mass is 9.95. The first kappa shape index (κ1) is 13.7. The fourth-order valence-electron chi connectivity index (χ4n) is 2.46. The lowest BCUT2D eigenvalue weighted by Crippen LogP contribution is -2.12. The molecule has 0 fully saturated rings. The highest BCUT2D eigenvalue weighted by atomic mass is 35.5. The molecule has 5 nitrogen and oxygen atoms in total. The number of nitrogens with zero attached hydrogens (tertiary/aromatic N) is 5. The maximum Gasteiger partial charge on any atom is 0.218 e. The van der Waals surface area contributed by atoms with Crippen LogP contribution in [0.3, 0.4) is 0 Å². The first-order valence-corrected chi connectivity index (χ1v) is 8.06. The molecule has 110 valence electrons. The zero-order chi connectivity index (χ0) is 15.1. The van der Waals surface area contributed by atoms with Crippen LogP contribution in [0.5, 0.6) is 0 Å². The van der Waals surface area contributed by atoms with Crippen LogP contribution in [0.4, 0.5) is 0 Å². The molecule has 0 saturated carbocycles. The summed E-state index contributed by atoms with van der Waals surface area (Å²) < 4.78 is 1.74. The van der Waals surface area contributed by atoms with Crippen LogP contribution in [0.25, 0.3) is 0 Å². The Morgan fingerprint density at radius 1 is 1.23 bits per heavy atom. The van der Waals surface area contributed by atoms with Crippen molar-refractivity contribution in [1.29, 1.82) is 0 Å². The van der Waals surface area contributed by atoms with Gasteiger partial charge in [-0.1, -0.05) is 29.8 Å². The van der Waals surface area contributed by atoms with E-state index >= 15 is 0 Å². The molecule has 4 rings (SSSR count). The molecule has 1 aromatic heterocycles. The van der Waals surface area contributed by atoms with E-state index in [1.165, 1.54) is 17.3 Å². The van der Waals surface area contributed by atoms with E-state index in [2.05, 4.69) is 21.4 Å². The molecule has 1 aromatic carbocycles. The van der Waals surface area contributed by atoms with Gasteiger partial charge in [-0.15, -0.1) is 10.2 Å². The van der Waals surface area contributed by atoms with Crippen LogP contribution in [0.2, 0.25) is 5.02 Å². The van der Waals surface area contributed by atoms with Gasteiger partial charge in [0.1, 0.15) is 5.04 Å². The number of aliphatic imine (C=N–C) groups is 1. The second kappa shape index (κ2) is 5.37. The Bertz CT molecular complexity index is 819. The lowest BCUT2D eigenvalue weighted by molar-refractivity contribution is 0.747. The molecule has 0 aliphatic carbocycles. The molecular formula is C15H12ClN5S. The third-order valence-corrected chi connectivity index (χ3v) is 4.87. The van der Waals surface area contributed by atoms with Gasteiger partial charge in [0.2, 0.25) is 5.16 Å². The van der Waals surface area contributed by atoms with Gasteiger partial charge in [0, 0.05) is 16.5 Å². The second-order valence-electron chi connectivity index (χ2n) is 5.11. The first-order valence-electron chi connectivity index (χ1n) is 6.87. The molecule has 0 spiro atoms. The molecule has 7 heteroatoms. The number of dihydropyridines is 1. The number of rotatable bonds is 1. The Hall–Kier alpha value is -1.92. The monoisotopic (exact) mass is 329 g/mol. The largest absolute Gasteiger partial charge is 0.276 e. The zero-order valence-corrected chi connectivity index (χ0v) is 13.3. The number of thioether (sulfide) groups is 1. The van der Waals surface area contributed by atoms with E-state index in [4.69, 9.17) is 16.6 Å². The van der Waals surface area contributed by atoms with E-state index in [-0.39, 0.29) is 5.92 Å². The van der Waals surface area contributed by atoms with E-state index in [1.807, 2.05) is 37.4 Å². The highest BCUT2D eigenvalue weighted by Gasteiger charge is 2.23. The molecule has 3 heterocycles. The van der Waals surface area contributed by atoms with Gasteiger partial charge in [-0.25, -0.2) is 0 Å². The summed E-state index contributed by atoms with van der Waals surface area (Å²) in [5.41, 5.74) is 2.24. The van der Waals surface area contributed by atoms with Crippen LogP contribution in [-0.4, -0.2) is 32.7 Å². The number of aryl methyl sites for hydroxylation is 1. The van der Waals surface area contributed by atoms with Crippen LogP contribution in [0.15, 0.2) is 51.2 Å². The Morgan fingerprint density at radius 2 is 2.05 bits per heavy atom. The van der Waals surface area contributed by atoms with Gasteiger partial charge in [-0.2, -0.15) is 9.78 Å². The summed E-state index contributed by atoms with van der Waals surface area (Å²) >= 11 is 7.46. The van der Waals surface area contributed by atoms with Crippen LogP contribution in [-0.2, 0) is 0 Å². The smallest absolute Gasteiger partial charge is 0.218 e. The van der Waals surface area contributed by atoms with Crippen LogP contribution >= 0.6 is 23.4 Å². The van der Waals surface area contributed by atoms with E-state index in [0.29, 0.717) is 6.54 Å². The third-order valence-electron chi connectivity index (χ3n) is 3.63. The number of benzene rings is 1. The topological polar surface area (TPSA) is 55.4 Å². The van der Waals surface area contributed by atoms with Crippen molar-refractivity contribution in [3.63, 3.8) is 0 Å². The van der Waals surface area contributed by atoms with Gasteiger partial charge in [-0.05, 0) is 36.4 Å². The molecule has 22 heavy (non-hydrogen) atoms. The second-order valence-corrected chi connectivity index (χ2v) is 6.51. The van der Waals surface area contributed by atoms with Gasteiger partial charge in [0.05, 0.1) is 12.8 Å². The normalized spacial score (nSPS) is 19.8. The van der Waals surface area contributed by atoms with Crippen molar-refractivity contribution < 1.29 is 0 Å². The van der Waals surface area contributed by atoms with E-state index in [0.717, 1.165) is 26.6 Å². The van der Waals surface area contributed by atoms with Gasteiger partial charge in [-0.3, -0.25) is 4.99 Å². The maximum absolute atomic E-state index is 5.95. The predicted molar refractivity (Wildman–Crippen MR) is 89.1 cm³/mol. The fourth-order valence-corrected chi connectivity index (χ4v) is 3.48. The van der Waals surface area contributed by atoms with E-state index in [9.17, 15) is 0 Å². The molecule has 1 atom stereocenters. The number of fused-ring (bicyclic) bond motifs is 2. The summed E-state index contributed by atoms with van der Waals surface area (Å²) in [4.78, 5) is 4.71. The summed E-state index contributed by atoms with van der Waals surface area (Å²) in [6.07, 6.45) is 4.04. The third kappa shape index (κ3) is 2.38. The Balaban J connectivity index is 1.68. The van der Waals surface area contributed by atoms with Crippen molar-refractivity contribution >= 4 is 34.6 Å². The minimum absolute atomic E-state index is 0.243. The molecule has 0 bridgehead atoms. The van der Waals surface area contributed by atoms with Crippen LogP contribution in [0, 0.1) is 6.92 Å². The standard InChI is InChI=1S/C15H12ClN5S/c1-9-19-20-15-21(9)18-8-12-6-11(7-17-14(12)22-15)10-2-4-13(16)5-3-10/h2-6,8,11H,7H2,1H3/t11-/m0/s1. The highest BCUT2D eigenvalue weighted by Crippen LogP contribution is 2.31. The molecule has 0 radical (unpaired) electrons. The molecule has 2 aromatic rings. The Morgan fingerprint density at radius 3 is 2.86 bits per heavy atom. The predicted octanol–water partition coefficient (Wildman–Crippen LogP) is 3.30. The molecular weight excluding hydrogens is 318 g/mol. The van der Waals surface area contributed by atoms with Crippen LogP contribution < -0.4 is 0 Å². The summed E-state index contributed by atoms with van der Waals surface area (Å²) in [6, 6.07) is 7.92. The zero-order valence-electron chi connectivity index (χ0n) is 11.8. The molecule has 0 N–H and O–H groups in total. The van der Waals surface area contributed by atoms with Gasteiger partial charge < -0.3 is 0 Å². The van der Waals surface area contributed by atoms with Crippen molar-refractivity contribution in [2.75, 3.05) is 6.54 Å². The van der Waals surface area contributed by atoms with Crippen molar-refractivity contribution in [1.82, 2.24) is 14.9 Å². The van der Waals surface area contributed by atoms with Gasteiger partial charge in [0.25, 0.3) is 0 Å². The van der Waals surface area contributed by atoms with Gasteiger partial charge >= 0.3 is 0 Å². The van der Waals surface area contributed by atoms with Gasteiger partial charge in [0.15, 0.2) is 5.82 Å².